The minimum atomic E-state index is -1.18. The van der Waals surface area contributed by atoms with E-state index in [2.05, 4.69) is 23.2 Å². The van der Waals surface area contributed by atoms with Crippen LogP contribution in [-0.4, -0.2) is 24.3 Å². The first-order valence-electron chi connectivity index (χ1n) is 4.15. The van der Waals surface area contributed by atoms with Crippen molar-refractivity contribution >= 4 is 17.3 Å². The van der Waals surface area contributed by atoms with Crippen LogP contribution in [0.4, 0.5) is 0 Å². The topological polar surface area (TPSA) is 46.5 Å². The second-order valence-electron chi connectivity index (χ2n) is 2.67. The average Bonchev–Trinajstić information content (AvgIpc) is 2.76. The van der Waals surface area contributed by atoms with E-state index in [1.165, 1.54) is 18.4 Å². The van der Waals surface area contributed by atoms with E-state index in [0.29, 0.717) is 0 Å². The van der Waals surface area contributed by atoms with Gasteiger partial charge in [0.05, 0.1) is 17.6 Å². The molecule has 1 aromatic heterocycles. The SMILES string of the molecule is C=C(C(=O)OC)C(O)C#Cc1cccs1. The summed E-state index contributed by atoms with van der Waals surface area (Å²) in [4.78, 5) is 11.8. The molecule has 3 nitrogen and oxygen atoms in total. The first-order valence-corrected chi connectivity index (χ1v) is 5.03. The van der Waals surface area contributed by atoms with Crippen LogP contribution in [0.5, 0.6) is 0 Å². The van der Waals surface area contributed by atoms with Crippen molar-refractivity contribution in [2.24, 2.45) is 0 Å². The van der Waals surface area contributed by atoms with Gasteiger partial charge in [0.15, 0.2) is 0 Å². The number of thiophene rings is 1. The fourth-order valence-electron chi connectivity index (χ4n) is 0.819. The number of hydrogen-bond donors (Lipinski definition) is 1. The molecule has 0 saturated heterocycles. The monoisotopic (exact) mass is 222 g/mol. The molecule has 1 atom stereocenters. The van der Waals surface area contributed by atoms with E-state index in [4.69, 9.17) is 0 Å². The van der Waals surface area contributed by atoms with Crippen LogP contribution in [0.25, 0.3) is 0 Å². The number of carbonyl (C=O) groups is 1. The molecule has 1 N–H and O–H groups in total. The van der Waals surface area contributed by atoms with Gasteiger partial charge in [0.25, 0.3) is 0 Å². The molecule has 1 unspecified atom stereocenters. The van der Waals surface area contributed by atoms with Crippen molar-refractivity contribution < 1.29 is 14.6 Å². The minimum absolute atomic E-state index is 0.0541. The Morgan fingerprint density at radius 3 is 3.00 bits per heavy atom. The maximum absolute atomic E-state index is 11.0. The summed E-state index contributed by atoms with van der Waals surface area (Å²) in [6.07, 6.45) is -1.18. The molecule has 78 valence electrons. The highest BCUT2D eigenvalue weighted by atomic mass is 32.1. The van der Waals surface area contributed by atoms with Gasteiger partial charge in [-0.25, -0.2) is 4.79 Å². The molecule has 1 heterocycles. The largest absolute Gasteiger partial charge is 0.466 e. The van der Waals surface area contributed by atoms with E-state index in [0.717, 1.165) is 4.88 Å². The van der Waals surface area contributed by atoms with Gasteiger partial charge in [-0.2, -0.15) is 0 Å². The summed E-state index contributed by atoms with van der Waals surface area (Å²) >= 11 is 1.46. The van der Waals surface area contributed by atoms with Crippen LogP contribution < -0.4 is 0 Å². The van der Waals surface area contributed by atoms with Crippen LogP contribution in [0, 0.1) is 11.8 Å². The molecule has 1 aromatic rings. The quantitative estimate of drug-likeness (QED) is 0.464. The molecule has 0 radical (unpaired) electrons. The highest BCUT2D eigenvalue weighted by molar-refractivity contribution is 7.10. The lowest BCUT2D eigenvalue weighted by atomic mass is 10.2. The van der Waals surface area contributed by atoms with E-state index in [9.17, 15) is 9.90 Å². The predicted molar refractivity (Wildman–Crippen MR) is 58.4 cm³/mol. The Morgan fingerprint density at radius 1 is 1.73 bits per heavy atom. The third kappa shape index (κ3) is 3.24. The molecular formula is C11H10O3S. The Kier molecular flexibility index (Phi) is 4.10. The number of methoxy groups -OCH3 is 1. The molecule has 0 amide bonds. The average molecular weight is 222 g/mol. The Hall–Kier alpha value is -1.57. The van der Waals surface area contributed by atoms with Gasteiger partial charge in [-0.3, -0.25) is 0 Å². The normalized spacial score (nSPS) is 11.1. The van der Waals surface area contributed by atoms with Gasteiger partial charge in [0.1, 0.15) is 6.10 Å². The first kappa shape index (κ1) is 11.5. The minimum Gasteiger partial charge on any atom is -0.466 e. The van der Waals surface area contributed by atoms with Crippen molar-refractivity contribution in [3.63, 3.8) is 0 Å². The summed E-state index contributed by atoms with van der Waals surface area (Å²) in [7, 11) is 1.23. The van der Waals surface area contributed by atoms with Gasteiger partial charge in [0.2, 0.25) is 0 Å². The first-order chi connectivity index (χ1) is 7.15. The fraction of sp³-hybridized carbons (Fsp3) is 0.182. The van der Waals surface area contributed by atoms with Crippen LogP contribution in [0.3, 0.4) is 0 Å². The lowest BCUT2D eigenvalue weighted by Gasteiger charge is -2.04. The van der Waals surface area contributed by atoms with E-state index in [-0.39, 0.29) is 5.57 Å². The highest BCUT2D eigenvalue weighted by Gasteiger charge is 2.14. The van der Waals surface area contributed by atoms with Crippen LogP contribution >= 0.6 is 11.3 Å². The zero-order valence-electron chi connectivity index (χ0n) is 8.19. The fourth-order valence-corrected chi connectivity index (χ4v) is 1.40. The molecule has 4 heteroatoms. The molecule has 0 fully saturated rings. The van der Waals surface area contributed by atoms with Crippen LogP contribution in [0.2, 0.25) is 0 Å². The molecule has 0 bridgehead atoms. The van der Waals surface area contributed by atoms with Crippen molar-refractivity contribution in [2.75, 3.05) is 7.11 Å². The summed E-state index contributed by atoms with van der Waals surface area (Å²) in [6.45, 7) is 3.40. The lowest BCUT2D eigenvalue weighted by molar-refractivity contribution is -0.136. The van der Waals surface area contributed by atoms with E-state index in [1.807, 2.05) is 17.5 Å². The molecule has 15 heavy (non-hydrogen) atoms. The molecule has 0 aromatic carbocycles. The van der Waals surface area contributed by atoms with Gasteiger partial charge in [-0.1, -0.05) is 24.5 Å². The third-order valence-corrected chi connectivity index (χ3v) is 2.42. The molecule has 0 aliphatic heterocycles. The Balaban J connectivity index is 2.67. The molecule has 1 rings (SSSR count). The number of rotatable bonds is 2. The smallest absolute Gasteiger partial charge is 0.336 e. The maximum Gasteiger partial charge on any atom is 0.336 e. The summed E-state index contributed by atoms with van der Waals surface area (Å²) in [5.74, 6) is 4.60. The van der Waals surface area contributed by atoms with E-state index >= 15 is 0 Å². The van der Waals surface area contributed by atoms with Gasteiger partial charge < -0.3 is 9.84 Å². The van der Waals surface area contributed by atoms with Crippen molar-refractivity contribution in [2.45, 2.75) is 6.10 Å². The molecule has 0 aliphatic rings. The zero-order chi connectivity index (χ0) is 11.3. The summed E-state index contributed by atoms with van der Waals surface area (Å²) in [5.41, 5.74) is -0.0541. The number of ether oxygens (including phenoxy) is 1. The standard InChI is InChI=1S/C11H10O3S/c1-8(11(13)14-2)10(12)6-5-9-4-3-7-15-9/h3-4,7,10,12H,1H2,2H3. The second-order valence-corrected chi connectivity index (χ2v) is 3.61. The highest BCUT2D eigenvalue weighted by Crippen LogP contribution is 2.07. The number of aliphatic hydroxyl groups excluding tert-OH is 1. The summed E-state index contributed by atoms with van der Waals surface area (Å²) < 4.78 is 4.41. The summed E-state index contributed by atoms with van der Waals surface area (Å²) in [5, 5.41) is 11.3. The van der Waals surface area contributed by atoms with E-state index in [1.54, 1.807) is 0 Å². The molecule has 0 spiro atoms. The van der Waals surface area contributed by atoms with Crippen molar-refractivity contribution in [3.05, 3.63) is 34.5 Å². The number of esters is 1. The number of aliphatic hydroxyl groups is 1. The van der Waals surface area contributed by atoms with Gasteiger partial charge in [0, 0.05) is 0 Å². The second kappa shape index (κ2) is 5.35. The zero-order valence-corrected chi connectivity index (χ0v) is 9.00. The van der Waals surface area contributed by atoms with Crippen molar-refractivity contribution in [1.29, 1.82) is 0 Å². The Labute approximate surface area is 92.0 Å². The Morgan fingerprint density at radius 2 is 2.47 bits per heavy atom. The summed E-state index contributed by atoms with van der Waals surface area (Å²) in [6, 6.07) is 3.68. The van der Waals surface area contributed by atoms with E-state index < -0.39 is 12.1 Å². The van der Waals surface area contributed by atoms with Gasteiger partial charge in [-0.15, -0.1) is 11.3 Å². The van der Waals surface area contributed by atoms with Crippen LogP contribution in [0.1, 0.15) is 4.88 Å². The predicted octanol–water partition coefficient (Wildman–Crippen LogP) is 1.19. The van der Waals surface area contributed by atoms with Crippen LogP contribution in [-0.2, 0) is 9.53 Å². The maximum atomic E-state index is 11.0. The number of hydrogen-bond acceptors (Lipinski definition) is 4. The van der Waals surface area contributed by atoms with Gasteiger partial charge >= 0.3 is 5.97 Å². The lowest BCUT2D eigenvalue weighted by Crippen LogP contribution is -2.16. The molecule has 0 saturated carbocycles. The molecular weight excluding hydrogens is 212 g/mol. The van der Waals surface area contributed by atoms with Gasteiger partial charge in [-0.05, 0) is 11.4 Å². The van der Waals surface area contributed by atoms with Crippen LogP contribution in [0.15, 0.2) is 29.7 Å². The Bertz CT molecular complexity index is 409. The molecule has 0 aliphatic carbocycles. The third-order valence-electron chi connectivity index (χ3n) is 1.63. The van der Waals surface area contributed by atoms with Crippen molar-refractivity contribution in [1.82, 2.24) is 0 Å². The van der Waals surface area contributed by atoms with Crippen molar-refractivity contribution in [3.8, 4) is 11.8 Å². The number of carbonyl (C=O) groups excluding carboxylic acids is 1.